The minimum Gasteiger partial charge on any atom is -0.491 e. The number of likely N-dealkylation sites (N-methyl/N-ethyl adjacent to an activating group) is 1. The van der Waals surface area contributed by atoms with E-state index in [2.05, 4.69) is 24.1 Å². The number of hydrogen-bond acceptors (Lipinski definition) is 4. The zero-order valence-corrected chi connectivity index (χ0v) is 12.4. The SMILES string of the molecule is CCN(CC)C[C@H](O)COc1ccc(NC(C)=O)cc1. The number of nitrogens with zero attached hydrogens (tertiary/aromatic N) is 1. The second-order valence-corrected chi connectivity index (χ2v) is 4.66. The molecule has 0 aromatic heterocycles. The maximum atomic E-state index is 10.9. The molecule has 1 amide bonds. The summed E-state index contributed by atoms with van der Waals surface area (Å²) in [5.74, 6) is 0.575. The monoisotopic (exact) mass is 280 g/mol. The van der Waals surface area contributed by atoms with Gasteiger partial charge in [-0.3, -0.25) is 4.79 Å². The van der Waals surface area contributed by atoms with Gasteiger partial charge in [-0.05, 0) is 37.4 Å². The topological polar surface area (TPSA) is 61.8 Å². The van der Waals surface area contributed by atoms with E-state index in [0.29, 0.717) is 12.3 Å². The Morgan fingerprint density at radius 1 is 1.30 bits per heavy atom. The van der Waals surface area contributed by atoms with E-state index >= 15 is 0 Å². The third-order valence-corrected chi connectivity index (χ3v) is 2.98. The Bertz CT molecular complexity index is 402. The Kier molecular flexibility index (Phi) is 7.04. The van der Waals surface area contributed by atoms with E-state index in [-0.39, 0.29) is 12.5 Å². The van der Waals surface area contributed by atoms with Crippen LogP contribution >= 0.6 is 0 Å². The Morgan fingerprint density at radius 3 is 2.40 bits per heavy atom. The van der Waals surface area contributed by atoms with Gasteiger partial charge < -0.3 is 20.1 Å². The molecule has 0 fully saturated rings. The predicted octanol–water partition coefficient (Wildman–Crippen LogP) is 1.73. The van der Waals surface area contributed by atoms with Crippen LogP contribution in [-0.4, -0.2) is 48.3 Å². The summed E-state index contributed by atoms with van der Waals surface area (Å²) in [6.45, 7) is 8.30. The second-order valence-electron chi connectivity index (χ2n) is 4.66. The number of carbonyl (C=O) groups is 1. The molecule has 0 bridgehead atoms. The molecular formula is C15H24N2O3. The third kappa shape index (κ3) is 6.04. The molecule has 1 rings (SSSR count). The van der Waals surface area contributed by atoms with Crippen LogP contribution in [0.5, 0.6) is 5.75 Å². The fraction of sp³-hybridized carbons (Fsp3) is 0.533. The van der Waals surface area contributed by atoms with E-state index in [0.717, 1.165) is 18.8 Å². The molecule has 112 valence electrons. The Hall–Kier alpha value is -1.59. The van der Waals surface area contributed by atoms with E-state index in [1.54, 1.807) is 24.3 Å². The minimum atomic E-state index is -0.509. The number of rotatable bonds is 8. The third-order valence-electron chi connectivity index (χ3n) is 2.98. The number of amides is 1. The summed E-state index contributed by atoms with van der Waals surface area (Å²) in [5.41, 5.74) is 0.730. The van der Waals surface area contributed by atoms with Gasteiger partial charge in [0.15, 0.2) is 0 Å². The van der Waals surface area contributed by atoms with Gasteiger partial charge >= 0.3 is 0 Å². The van der Waals surface area contributed by atoms with Crippen LogP contribution in [0.3, 0.4) is 0 Å². The van der Waals surface area contributed by atoms with Gasteiger partial charge in [0.1, 0.15) is 18.5 Å². The molecule has 1 atom stereocenters. The fourth-order valence-corrected chi connectivity index (χ4v) is 1.86. The maximum absolute atomic E-state index is 10.9. The van der Waals surface area contributed by atoms with Crippen LogP contribution in [0.2, 0.25) is 0 Å². The lowest BCUT2D eigenvalue weighted by Crippen LogP contribution is -2.35. The summed E-state index contributed by atoms with van der Waals surface area (Å²) in [6, 6.07) is 7.09. The van der Waals surface area contributed by atoms with Gasteiger partial charge in [0.05, 0.1) is 0 Å². The molecule has 0 saturated carbocycles. The van der Waals surface area contributed by atoms with Gasteiger partial charge in [0.25, 0.3) is 0 Å². The van der Waals surface area contributed by atoms with Gasteiger partial charge in [-0.15, -0.1) is 0 Å². The van der Waals surface area contributed by atoms with Gasteiger partial charge in [0, 0.05) is 19.2 Å². The maximum Gasteiger partial charge on any atom is 0.221 e. The number of ether oxygens (including phenoxy) is 1. The number of aliphatic hydroxyl groups excluding tert-OH is 1. The van der Waals surface area contributed by atoms with Crippen LogP contribution in [0.15, 0.2) is 24.3 Å². The fourth-order valence-electron chi connectivity index (χ4n) is 1.86. The molecule has 1 aromatic rings. The molecule has 0 aliphatic carbocycles. The van der Waals surface area contributed by atoms with Crippen molar-refractivity contribution in [3.63, 3.8) is 0 Å². The van der Waals surface area contributed by atoms with Crippen molar-refractivity contribution in [1.82, 2.24) is 4.90 Å². The highest BCUT2D eigenvalue weighted by atomic mass is 16.5. The van der Waals surface area contributed by atoms with Crippen LogP contribution in [0.1, 0.15) is 20.8 Å². The highest BCUT2D eigenvalue weighted by Gasteiger charge is 2.09. The van der Waals surface area contributed by atoms with Crippen molar-refractivity contribution < 1.29 is 14.6 Å². The van der Waals surface area contributed by atoms with Gasteiger partial charge in [0.2, 0.25) is 5.91 Å². The molecule has 0 aliphatic rings. The summed E-state index contributed by atoms with van der Waals surface area (Å²) in [7, 11) is 0. The van der Waals surface area contributed by atoms with Crippen molar-refractivity contribution in [2.24, 2.45) is 0 Å². The summed E-state index contributed by atoms with van der Waals surface area (Å²) in [6.07, 6.45) is -0.509. The molecule has 2 N–H and O–H groups in total. The number of nitrogens with one attached hydrogen (secondary N) is 1. The highest BCUT2D eigenvalue weighted by molar-refractivity contribution is 5.88. The molecule has 0 radical (unpaired) electrons. The first kappa shape index (κ1) is 16.5. The lowest BCUT2D eigenvalue weighted by atomic mass is 10.3. The highest BCUT2D eigenvalue weighted by Crippen LogP contribution is 2.15. The number of aliphatic hydroxyl groups is 1. The Labute approximate surface area is 120 Å². The second kappa shape index (κ2) is 8.55. The zero-order chi connectivity index (χ0) is 15.0. The van der Waals surface area contributed by atoms with Gasteiger partial charge in [-0.25, -0.2) is 0 Å². The first-order chi connectivity index (χ1) is 9.55. The average Bonchev–Trinajstić information content (AvgIpc) is 2.43. The zero-order valence-electron chi connectivity index (χ0n) is 12.4. The van der Waals surface area contributed by atoms with E-state index in [1.807, 2.05) is 0 Å². The minimum absolute atomic E-state index is 0.103. The molecule has 0 unspecified atom stereocenters. The van der Waals surface area contributed by atoms with E-state index in [9.17, 15) is 9.90 Å². The summed E-state index contributed by atoms with van der Waals surface area (Å²) >= 11 is 0. The quantitative estimate of drug-likeness (QED) is 0.761. The standard InChI is InChI=1S/C15H24N2O3/c1-4-17(5-2)10-14(19)11-20-15-8-6-13(7-9-15)16-12(3)18/h6-9,14,19H,4-5,10-11H2,1-3H3,(H,16,18)/t14-/m0/s1. The molecule has 20 heavy (non-hydrogen) atoms. The molecular weight excluding hydrogens is 256 g/mol. The van der Waals surface area contributed by atoms with E-state index < -0.39 is 6.10 Å². The Morgan fingerprint density at radius 2 is 1.90 bits per heavy atom. The van der Waals surface area contributed by atoms with Gasteiger partial charge in [-0.1, -0.05) is 13.8 Å². The van der Waals surface area contributed by atoms with Crippen molar-refractivity contribution in [1.29, 1.82) is 0 Å². The van der Waals surface area contributed by atoms with Crippen molar-refractivity contribution >= 4 is 11.6 Å². The molecule has 0 spiro atoms. The predicted molar refractivity (Wildman–Crippen MR) is 80.0 cm³/mol. The molecule has 0 saturated heterocycles. The van der Waals surface area contributed by atoms with Gasteiger partial charge in [-0.2, -0.15) is 0 Å². The van der Waals surface area contributed by atoms with Crippen molar-refractivity contribution in [2.75, 3.05) is 31.6 Å². The summed E-state index contributed by atoms with van der Waals surface area (Å²) in [4.78, 5) is 13.0. The van der Waals surface area contributed by atoms with E-state index in [1.165, 1.54) is 6.92 Å². The van der Waals surface area contributed by atoms with Crippen LogP contribution in [0, 0.1) is 0 Å². The Balaban J connectivity index is 2.39. The van der Waals surface area contributed by atoms with Crippen molar-refractivity contribution in [2.45, 2.75) is 26.9 Å². The van der Waals surface area contributed by atoms with Crippen molar-refractivity contribution in [3.8, 4) is 5.75 Å². The lowest BCUT2D eigenvalue weighted by Gasteiger charge is -2.21. The van der Waals surface area contributed by atoms with Crippen LogP contribution in [0.25, 0.3) is 0 Å². The average molecular weight is 280 g/mol. The lowest BCUT2D eigenvalue weighted by molar-refractivity contribution is -0.114. The first-order valence-corrected chi connectivity index (χ1v) is 6.96. The van der Waals surface area contributed by atoms with E-state index in [4.69, 9.17) is 4.74 Å². The normalized spacial score (nSPS) is 12.2. The van der Waals surface area contributed by atoms with Crippen LogP contribution < -0.4 is 10.1 Å². The molecule has 1 aromatic carbocycles. The summed E-state index contributed by atoms with van der Waals surface area (Å²) in [5, 5.41) is 12.6. The number of hydrogen-bond donors (Lipinski definition) is 2. The molecule has 0 heterocycles. The smallest absolute Gasteiger partial charge is 0.221 e. The van der Waals surface area contributed by atoms with Crippen molar-refractivity contribution in [3.05, 3.63) is 24.3 Å². The summed E-state index contributed by atoms with van der Waals surface area (Å²) < 4.78 is 5.53. The number of benzene rings is 1. The number of carbonyl (C=O) groups excluding carboxylic acids is 1. The van der Waals surface area contributed by atoms with Crippen LogP contribution in [0.4, 0.5) is 5.69 Å². The number of anilines is 1. The molecule has 5 nitrogen and oxygen atoms in total. The first-order valence-electron chi connectivity index (χ1n) is 6.96. The largest absolute Gasteiger partial charge is 0.491 e. The molecule has 0 aliphatic heterocycles. The molecule has 5 heteroatoms. The van der Waals surface area contributed by atoms with Crippen LogP contribution in [-0.2, 0) is 4.79 Å².